The van der Waals surface area contributed by atoms with Crippen molar-refractivity contribution in [2.75, 3.05) is 6.54 Å². The van der Waals surface area contributed by atoms with Gasteiger partial charge in [0.05, 0.1) is 11.7 Å². The second-order valence-electron chi connectivity index (χ2n) is 7.16. The fourth-order valence-electron chi connectivity index (χ4n) is 4.31. The minimum atomic E-state index is 0.127. The molecule has 1 atom stereocenters. The Bertz CT molecular complexity index is 748. The first kappa shape index (κ1) is 16.3. The number of carbonyl (C=O) groups excluding carboxylic acids is 1. The number of hydrogen-bond acceptors (Lipinski definition) is 3. The summed E-state index contributed by atoms with van der Waals surface area (Å²) in [4.78, 5) is 24.3. The van der Waals surface area contributed by atoms with Crippen LogP contribution < -0.4 is 0 Å². The summed E-state index contributed by atoms with van der Waals surface area (Å²) in [5, 5.41) is 0. The number of amides is 1. The van der Waals surface area contributed by atoms with Gasteiger partial charge in [-0.1, -0.05) is 25.8 Å². The van der Waals surface area contributed by atoms with Crippen molar-refractivity contribution >= 4 is 5.91 Å². The molecule has 25 heavy (non-hydrogen) atoms. The Hall–Kier alpha value is -2.17. The summed E-state index contributed by atoms with van der Waals surface area (Å²) in [5.74, 6) is 2.50. The minimum absolute atomic E-state index is 0.127. The Labute approximate surface area is 149 Å². The summed E-state index contributed by atoms with van der Waals surface area (Å²) in [5.41, 5.74) is 1.01. The summed E-state index contributed by atoms with van der Waals surface area (Å²) in [6, 6.07) is 6.26. The van der Waals surface area contributed by atoms with Crippen LogP contribution in [0.1, 0.15) is 63.0 Å². The lowest BCUT2D eigenvalue weighted by molar-refractivity contribution is -0.136. The third-order valence-electron chi connectivity index (χ3n) is 5.62. The smallest absolute Gasteiger partial charge is 0.226 e. The van der Waals surface area contributed by atoms with E-state index in [4.69, 9.17) is 4.98 Å². The van der Waals surface area contributed by atoms with Crippen molar-refractivity contribution in [2.24, 2.45) is 5.92 Å². The quantitative estimate of drug-likeness (QED) is 0.854. The highest BCUT2D eigenvalue weighted by atomic mass is 16.2. The van der Waals surface area contributed by atoms with Gasteiger partial charge in [0.1, 0.15) is 11.6 Å². The zero-order valence-corrected chi connectivity index (χ0v) is 14.9. The number of imidazole rings is 1. The first-order chi connectivity index (χ1) is 12.3. The molecule has 1 saturated heterocycles. The van der Waals surface area contributed by atoms with E-state index in [2.05, 4.69) is 22.9 Å². The molecule has 2 aromatic heterocycles. The normalized spacial score (nSPS) is 21.2. The monoisotopic (exact) mass is 338 g/mol. The average molecular weight is 338 g/mol. The summed E-state index contributed by atoms with van der Waals surface area (Å²) in [6.07, 6.45) is 11.2. The largest absolute Gasteiger partial charge is 0.334 e. The minimum Gasteiger partial charge on any atom is -0.334 e. The predicted molar refractivity (Wildman–Crippen MR) is 96.4 cm³/mol. The Morgan fingerprint density at radius 3 is 2.84 bits per heavy atom. The summed E-state index contributed by atoms with van der Waals surface area (Å²) in [7, 11) is 0. The Morgan fingerprint density at radius 2 is 2.04 bits per heavy atom. The number of aromatic nitrogens is 3. The number of aryl methyl sites for hydroxylation is 1. The van der Waals surface area contributed by atoms with Gasteiger partial charge in [-0.25, -0.2) is 9.97 Å². The van der Waals surface area contributed by atoms with Gasteiger partial charge in [0.25, 0.3) is 0 Å². The van der Waals surface area contributed by atoms with E-state index in [1.54, 1.807) is 0 Å². The summed E-state index contributed by atoms with van der Waals surface area (Å²) < 4.78 is 2.04. The molecular formula is C20H26N4O. The van der Waals surface area contributed by atoms with Gasteiger partial charge in [-0.3, -0.25) is 9.36 Å². The molecule has 2 fully saturated rings. The average Bonchev–Trinajstić information content (AvgIpc) is 3.42. The van der Waals surface area contributed by atoms with Crippen molar-refractivity contribution in [3.63, 3.8) is 0 Å². The van der Waals surface area contributed by atoms with Gasteiger partial charge >= 0.3 is 0 Å². The third kappa shape index (κ3) is 3.08. The Balaban J connectivity index is 1.60. The van der Waals surface area contributed by atoms with Gasteiger partial charge in [0, 0.05) is 31.3 Å². The second-order valence-corrected chi connectivity index (χ2v) is 7.16. The number of likely N-dealkylation sites (tertiary alicyclic amines) is 1. The van der Waals surface area contributed by atoms with E-state index in [0.29, 0.717) is 5.91 Å². The third-order valence-corrected chi connectivity index (χ3v) is 5.62. The first-order valence-electron chi connectivity index (χ1n) is 9.58. The summed E-state index contributed by atoms with van der Waals surface area (Å²) >= 11 is 0. The first-order valence-corrected chi connectivity index (χ1v) is 9.58. The van der Waals surface area contributed by atoms with Crippen LogP contribution in [0.25, 0.3) is 5.82 Å². The fraction of sp³-hybridized carbons (Fsp3) is 0.550. The van der Waals surface area contributed by atoms with Crippen LogP contribution in [0.2, 0.25) is 0 Å². The molecule has 1 aliphatic heterocycles. The second kappa shape index (κ2) is 6.98. The van der Waals surface area contributed by atoms with Crippen molar-refractivity contribution in [2.45, 2.75) is 57.9 Å². The maximum Gasteiger partial charge on any atom is 0.226 e. The molecule has 5 nitrogen and oxygen atoms in total. The number of carbonyl (C=O) groups is 1. The number of nitrogens with zero attached hydrogens (tertiary/aromatic N) is 4. The molecule has 5 heteroatoms. The summed E-state index contributed by atoms with van der Waals surface area (Å²) in [6.45, 7) is 2.97. The van der Waals surface area contributed by atoms with Crippen LogP contribution in [0.3, 0.4) is 0 Å². The van der Waals surface area contributed by atoms with Gasteiger partial charge in [-0.15, -0.1) is 0 Å². The van der Waals surface area contributed by atoms with E-state index in [0.717, 1.165) is 56.0 Å². The lowest BCUT2D eigenvalue weighted by Crippen LogP contribution is -2.35. The molecule has 3 heterocycles. The van der Waals surface area contributed by atoms with Gasteiger partial charge < -0.3 is 4.90 Å². The van der Waals surface area contributed by atoms with E-state index in [9.17, 15) is 4.79 Å². The van der Waals surface area contributed by atoms with Gasteiger partial charge in [-0.05, 0) is 37.8 Å². The topological polar surface area (TPSA) is 51.0 Å². The SMILES string of the molecule is CCc1nccn1-c1cccc(C2CCCN2C(=O)C2CCCC2)n1. The highest BCUT2D eigenvalue weighted by molar-refractivity contribution is 5.79. The van der Waals surface area contributed by atoms with Crippen molar-refractivity contribution in [1.82, 2.24) is 19.4 Å². The maximum absolute atomic E-state index is 12.9. The zero-order chi connectivity index (χ0) is 17.2. The molecule has 2 aliphatic rings. The molecule has 0 spiro atoms. The van der Waals surface area contributed by atoms with Crippen LogP contribution in [0.4, 0.5) is 0 Å². The van der Waals surface area contributed by atoms with Crippen LogP contribution in [0.15, 0.2) is 30.6 Å². The van der Waals surface area contributed by atoms with Gasteiger partial charge in [0.15, 0.2) is 0 Å². The molecule has 1 saturated carbocycles. The standard InChI is InChI=1S/C20H26N4O/c1-2-18-21-12-14-24(18)19-11-5-9-16(22-19)17-10-6-13-23(17)20(25)15-7-3-4-8-15/h5,9,11-12,14-15,17H,2-4,6-8,10,13H2,1H3. The fourth-order valence-corrected chi connectivity index (χ4v) is 4.31. The molecule has 0 radical (unpaired) electrons. The van der Waals surface area contributed by atoms with Crippen molar-refractivity contribution in [1.29, 1.82) is 0 Å². The van der Waals surface area contributed by atoms with Crippen molar-refractivity contribution < 1.29 is 4.79 Å². The van der Waals surface area contributed by atoms with Crippen LogP contribution in [-0.4, -0.2) is 31.9 Å². The maximum atomic E-state index is 12.9. The Morgan fingerprint density at radius 1 is 1.20 bits per heavy atom. The molecule has 4 rings (SSSR count). The molecule has 0 N–H and O–H groups in total. The highest BCUT2D eigenvalue weighted by Gasteiger charge is 2.35. The molecular weight excluding hydrogens is 312 g/mol. The Kier molecular flexibility index (Phi) is 4.55. The van der Waals surface area contributed by atoms with Gasteiger partial charge in [0.2, 0.25) is 5.91 Å². The molecule has 0 aromatic carbocycles. The van der Waals surface area contributed by atoms with E-state index < -0.39 is 0 Å². The highest BCUT2D eigenvalue weighted by Crippen LogP contribution is 2.35. The van der Waals surface area contributed by atoms with E-state index >= 15 is 0 Å². The molecule has 2 aromatic rings. The van der Waals surface area contributed by atoms with Gasteiger partial charge in [-0.2, -0.15) is 0 Å². The predicted octanol–water partition coefficient (Wildman–Crippen LogP) is 3.68. The molecule has 132 valence electrons. The number of pyridine rings is 1. The number of rotatable bonds is 4. The lowest BCUT2D eigenvalue weighted by Gasteiger charge is -2.27. The van der Waals surface area contributed by atoms with E-state index in [1.165, 1.54) is 12.8 Å². The van der Waals surface area contributed by atoms with Crippen molar-refractivity contribution in [3.05, 3.63) is 42.1 Å². The van der Waals surface area contributed by atoms with Crippen molar-refractivity contribution in [3.8, 4) is 5.82 Å². The van der Waals surface area contributed by atoms with Crippen LogP contribution in [0.5, 0.6) is 0 Å². The molecule has 1 aliphatic carbocycles. The lowest BCUT2D eigenvalue weighted by atomic mass is 10.0. The molecule has 1 amide bonds. The zero-order valence-electron chi connectivity index (χ0n) is 14.9. The van der Waals surface area contributed by atoms with Crippen LogP contribution in [0, 0.1) is 5.92 Å². The van der Waals surface area contributed by atoms with Crippen LogP contribution in [-0.2, 0) is 11.2 Å². The molecule has 1 unspecified atom stereocenters. The van der Waals surface area contributed by atoms with Crippen LogP contribution >= 0.6 is 0 Å². The number of hydrogen-bond donors (Lipinski definition) is 0. The molecule has 0 bridgehead atoms. The van der Waals surface area contributed by atoms with E-state index in [-0.39, 0.29) is 12.0 Å². The van der Waals surface area contributed by atoms with E-state index in [1.807, 2.05) is 29.1 Å².